The second kappa shape index (κ2) is 9.28. The Morgan fingerprint density at radius 3 is 2.57 bits per heavy atom. The standard InChI is InChI=1S/C19H15Cl2F3N4OS/c1-2-28-17(11-5-3-6-12(20)9-11)26-27-18(28)30-10-15(29)25-16-13(19(22,23)24)7-4-8-14(16)21/h3-9H,2,10H2,1H3,(H,25,29). The quantitative estimate of drug-likeness (QED) is 0.443. The van der Waals surface area contributed by atoms with Crippen molar-refractivity contribution in [2.24, 2.45) is 0 Å². The number of carbonyl (C=O) groups excluding carboxylic acids is 1. The molecule has 30 heavy (non-hydrogen) atoms. The van der Waals surface area contributed by atoms with Crippen LogP contribution in [-0.4, -0.2) is 26.4 Å². The number of rotatable bonds is 6. The summed E-state index contributed by atoms with van der Waals surface area (Å²) in [6.07, 6.45) is -4.64. The highest BCUT2D eigenvalue weighted by atomic mass is 35.5. The smallest absolute Gasteiger partial charge is 0.324 e. The first kappa shape index (κ1) is 22.5. The van der Waals surface area contributed by atoms with Gasteiger partial charge in [0.15, 0.2) is 11.0 Å². The Morgan fingerprint density at radius 2 is 1.90 bits per heavy atom. The fourth-order valence-electron chi connectivity index (χ4n) is 2.71. The minimum atomic E-state index is -4.64. The van der Waals surface area contributed by atoms with Gasteiger partial charge in [0.25, 0.3) is 0 Å². The summed E-state index contributed by atoms with van der Waals surface area (Å²) >= 11 is 13.0. The number of amides is 1. The van der Waals surface area contributed by atoms with Gasteiger partial charge in [0.2, 0.25) is 5.91 Å². The number of para-hydroxylation sites is 1. The number of nitrogens with zero attached hydrogens (tertiary/aromatic N) is 3. The molecule has 0 unspecified atom stereocenters. The molecular formula is C19H15Cl2F3N4OS. The Labute approximate surface area is 184 Å². The van der Waals surface area contributed by atoms with Crippen LogP contribution < -0.4 is 5.32 Å². The van der Waals surface area contributed by atoms with Gasteiger partial charge in [-0.25, -0.2) is 0 Å². The Balaban J connectivity index is 1.75. The molecule has 0 saturated carbocycles. The maximum Gasteiger partial charge on any atom is 0.418 e. The van der Waals surface area contributed by atoms with Crippen molar-refractivity contribution in [2.45, 2.75) is 24.8 Å². The third-order valence-electron chi connectivity index (χ3n) is 4.03. The number of thioether (sulfide) groups is 1. The lowest BCUT2D eigenvalue weighted by Gasteiger charge is -2.15. The molecule has 0 bridgehead atoms. The molecule has 1 N–H and O–H groups in total. The Bertz CT molecular complexity index is 1070. The van der Waals surface area contributed by atoms with E-state index in [0.29, 0.717) is 22.5 Å². The van der Waals surface area contributed by atoms with E-state index in [1.165, 1.54) is 12.1 Å². The molecular weight excluding hydrogens is 460 g/mol. The Hall–Kier alpha value is -2.23. The van der Waals surface area contributed by atoms with Crippen molar-refractivity contribution in [3.8, 4) is 11.4 Å². The summed E-state index contributed by atoms with van der Waals surface area (Å²) in [5.74, 6) is -0.238. The van der Waals surface area contributed by atoms with E-state index in [-0.39, 0.29) is 10.8 Å². The van der Waals surface area contributed by atoms with Gasteiger partial charge in [-0.1, -0.05) is 53.2 Å². The third-order valence-corrected chi connectivity index (χ3v) is 5.55. The second-order valence-electron chi connectivity index (χ2n) is 6.06. The van der Waals surface area contributed by atoms with Crippen molar-refractivity contribution in [3.63, 3.8) is 0 Å². The van der Waals surface area contributed by atoms with E-state index in [1.54, 1.807) is 22.8 Å². The molecule has 3 rings (SSSR count). The molecule has 2 aromatic carbocycles. The van der Waals surface area contributed by atoms with E-state index < -0.39 is 23.3 Å². The van der Waals surface area contributed by atoms with E-state index in [9.17, 15) is 18.0 Å². The minimum Gasteiger partial charge on any atom is -0.324 e. The molecule has 1 amide bonds. The molecule has 0 saturated heterocycles. The Kier molecular flexibility index (Phi) is 6.95. The predicted molar refractivity (Wildman–Crippen MR) is 112 cm³/mol. The van der Waals surface area contributed by atoms with Crippen molar-refractivity contribution in [1.82, 2.24) is 14.8 Å². The molecule has 0 aliphatic carbocycles. The van der Waals surface area contributed by atoms with Crippen molar-refractivity contribution >= 4 is 46.6 Å². The topological polar surface area (TPSA) is 59.8 Å². The van der Waals surface area contributed by atoms with Gasteiger partial charge in [0, 0.05) is 17.1 Å². The first-order valence-corrected chi connectivity index (χ1v) is 10.4. The molecule has 11 heteroatoms. The summed E-state index contributed by atoms with van der Waals surface area (Å²) in [7, 11) is 0. The van der Waals surface area contributed by atoms with Crippen LogP contribution >= 0.6 is 35.0 Å². The number of nitrogens with one attached hydrogen (secondary N) is 1. The lowest BCUT2D eigenvalue weighted by molar-refractivity contribution is -0.137. The summed E-state index contributed by atoms with van der Waals surface area (Å²) in [5, 5.41) is 11.3. The molecule has 0 radical (unpaired) electrons. The van der Waals surface area contributed by atoms with Crippen LogP contribution in [0.2, 0.25) is 10.0 Å². The first-order chi connectivity index (χ1) is 14.2. The maximum atomic E-state index is 13.2. The first-order valence-electron chi connectivity index (χ1n) is 8.68. The van der Waals surface area contributed by atoms with Gasteiger partial charge in [-0.2, -0.15) is 13.2 Å². The fourth-order valence-corrected chi connectivity index (χ4v) is 3.93. The third kappa shape index (κ3) is 5.08. The van der Waals surface area contributed by atoms with E-state index in [4.69, 9.17) is 23.2 Å². The van der Waals surface area contributed by atoms with Crippen LogP contribution in [0, 0.1) is 0 Å². The average Bonchev–Trinajstić information content (AvgIpc) is 3.10. The number of hydrogen-bond donors (Lipinski definition) is 1. The van der Waals surface area contributed by atoms with E-state index >= 15 is 0 Å². The minimum absolute atomic E-state index is 0.170. The van der Waals surface area contributed by atoms with Gasteiger partial charge < -0.3 is 9.88 Å². The summed E-state index contributed by atoms with van der Waals surface area (Å²) in [4.78, 5) is 12.3. The zero-order valence-electron chi connectivity index (χ0n) is 15.5. The molecule has 158 valence electrons. The summed E-state index contributed by atoms with van der Waals surface area (Å²) in [6, 6.07) is 10.4. The van der Waals surface area contributed by atoms with Gasteiger partial charge in [0.05, 0.1) is 22.0 Å². The summed E-state index contributed by atoms with van der Waals surface area (Å²) in [5.41, 5.74) is -0.707. The number of hydrogen-bond acceptors (Lipinski definition) is 4. The fraction of sp³-hybridized carbons (Fsp3) is 0.211. The SMILES string of the molecule is CCn1c(SCC(=O)Nc2c(Cl)cccc2C(F)(F)F)nnc1-c1cccc(Cl)c1. The number of alkyl halides is 3. The number of benzene rings is 2. The normalized spacial score (nSPS) is 11.5. The highest BCUT2D eigenvalue weighted by Gasteiger charge is 2.34. The number of halogens is 5. The van der Waals surface area contributed by atoms with Gasteiger partial charge in [0.1, 0.15) is 0 Å². The molecule has 0 spiro atoms. The molecule has 5 nitrogen and oxygen atoms in total. The van der Waals surface area contributed by atoms with Gasteiger partial charge in [-0.05, 0) is 31.2 Å². The number of aromatic nitrogens is 3. The highest BCUT2D eigenvalue weighted by molar-refractivity contribution is 7.99. The summed E-state index contributed by atoms with van der Waals surface area (Å²) in [6.45, 7) is 2.42. The monoisotopic (exact) mass is 474 g/mol. The van der Waals surface area contributed by atoms with Crippen molar-refractivity contribution in [2.75, 3.05) is 11.1 Å². The number of anilines is 1. The average molecular weight is 475 g/mol. The summed E-state index contributed by atoms with van der Waals surface area (Å²) < 4.78 is 41.3. The zero-order valence-corrected chi connectivity index (χ0v) is 17.8. The van der Waals surface area contributed by atoms with Gasteiger partial charge >= 0.3 is 6.18 Å². The van der Waals surface area contributed by atoms with Gasteiger partial charge in [-0.15, -0.1) is 10.2 Å². The molecule has 0 aliphatic heterocycles. The van der Waals surface area contributed by atoms with Gasteiger partial charge in [-0.3, -0.25) is 4.79 Å². The molecule has 0 atom stereocenters. The lowest BCUT2D eigenvalue weighted by atomic mass is 10.1. The Morgan fingerprint density at radius 1 is 1.17 bits per heavy atom. The van der Waals surface area contributed by atoms with E-state index in [2.05, 4.69) is 15.5 Å². The zero-order chi connectivity index (χ0) is 21.9. The predicted octanol–water partition coefficient (Wildman–Crippen LogP) is 6.02. The molecule has 1 heterocycles. The van der Waals surface area contributed by atoms with Crippen molar-refractivity contribution < 1.29 is 18.0 Å². The number of carbonyl (C=O) groups is 1. The van der Waals surface area contributed by atoms with Crippen LogP contribution in [0.1, 0.15) is 12.5 Å². The lowest BCUT2D eigenvalue weighted by Crippen LogP contribution is -2.19. The van der Waals surface area contributed by atoms with Crippen LogP contribution in [0.3, 0.4) is 0 Å². The van der Waals surface area contributed by atoms with Crippen LogP contribution in [0.15, 0.2) is 47.6 Å². The highest BCUT2D eigenvalue weighted by Crippen LogP contribution is 2.38. The molecule has 0 fully saturated rings. The van der Waals surface area contributed by atoms with Crippen LogP contribution in [0.25, 0.3) is 11.4 Å². The second-order valence-corrected chi connectivity index (χ2v) is 7.84. The van der Waals surface area contributed by atoms with Crippen molar-refractivity contribution in [1.29, 1.82) is 0 Å². The molecule has 1 aromatic heterocycles. The molecule has 0 aliphatic rings. The largest absolute Gasteiger partial charge is 0.418 e. The van der Waals surface area contributed by atoms with Crippen LogP contribution in [-0.2, 0) is 17.5 Å². The molecule has 3 aromatic rings. The maximum absolute atomic E-state index is 13.2. The van der Waals surface area contributed by atoms with Crippen LogP contribution in [0.5, 0.6) is 0 Å². The van der Waals surface area contributed by atoms with E-state index in [0.717, 1.165) is 23.4 Å². The van der Waals surface area contributed by atoms with Crippen molar-refractivity contribution in [3.05, 3.63) is 58.1 Å². The van der Waals surface area contributed by atoms with E-state index in [1.807, 2.05) is 13.0 Å². The van der Waals surface area contributed by atoms with Crippen LogP contribution in [0.4, 0.5) is 18.9 Å².